The molecule has 2 aliphatic rings. The first-order chi connectivity index (χ1) is 13.7. The average Bonchev–Trinajstić information content (AvgIpc) is 3.20. The number of carbonyl (C=O) groups excluding carboxylic acids is 2. The second kappa shape index (κ2) is 8.53. The fourth-order valence-electron chi connectivity index (χ4n) is 3.12. The number of hydrogen-bond donors (Lipinski definition) is 2. The molecule has 8 heteroatoms. The average molecular weight is 399 g/mol. The quantitative estimate of drug-likeness (QED) is 0.751. The summed E-state index contributed by atoms with van der Waals surface area (Å²) in [6.07, 6.45) is 0. The highest BCUT2D eigenvalue weighted by Gasteiger charge is 2.21. The summed E-state index contributed by atoms with van der Waals surface area (Å²) >= 11 is 1.36. The maximum absolute atomic E-state index is 12.8. The van der Waals surface area contributed by atoms with Crippen LogP contribution in [-0.4, -0.2) is 55.4 Å². The number of nitrogens with zero attached hydrogens (tertiary/aromatic N) is 1. The standard InChI is InChI=1S/C20H21N3O4S/c24-19(22-14-5-6-16-17(11-14)27-13-26-16)12-28-18-4-2-1-3-15(18)20(25)23-9-7-21-8-10-23/h1-6,11,21H,7-10,12-13H2,(H,22,24). The lowest BCUT2D eigenvalue weighted by atomic mass is 10.2. The van der Waals surface area contributed by atoms with Crippen LogP contribution < -0.4 is 20.1 Å². The fourth-order valence-corrected chi connectivity index (χ4v) is 3.97. The van der Waals surface area contributed by atoms with Crippen LogP contribution in [0.2, 0.25) is 0 Å². The van der Waals surface area contributed by atoms with Crippen molar-refractivity contribution in [2.24, 2.45) is 0 Å². The predicted octanol–water partition coefficient (Wildman–Crippen LogP) is 2.19. The summed E-state index contributed by atoms with van der Waals surface area (Å²) in [5.74, 6) is 1.37. The lowest BCUT2D eigenvalue weighted by Crippen LogP contribution is -2.46. The van der Waals surface area contributed by atoms with Gasteiger partial charge in [-0.3, -0.25) is 9.59 Å². The molecule has 28 heavy (non-hydrogen) atoms. The highest BCUT2D eigenvalue weighted by atomic mass is 32.2. The van der Waals surface area contributed by atoms with Crippen LogP contribution in [0.15, 0.2) is 47.4 Å². The third kappa shape index (κ3) is 4.23. The Kier molecular flexibility index (Phi) is 5.68. The molecule has 2 N–H and O–H groups in total. The molecule has 4 rings (SSSR count). The first kappa shape index (κ1) is 18.6. The fraction of sp³-hybridized carbons (Fsp3) is 0.300. The van der Waals surface area contributed by atoms with E-state index in [2.05, 4.69) is 10.6 Å². The summed E-state index contributed by atoms with van der Waals surface area (Å²) in [5, 5.41) is 6.10. The van der Waals surface area contributed by atoms with Gasteiger partial charge in [-0.25, -0.2) is 0 Å². The van der Waals surface area contributed by atoms with Gasteiger partial charge in [0.15, 0.2) is 11.5 Å². The Labute approximate surface area is 167 Å². The number of ether oxygens (including phenoxy) is 2. The van der Waals surface area contributed by atoms with Crippen LogP contribution in [0.25, 0.3) is 0 Å². The Hall–Kier alpha value is -2.71. The number of benzene rings is 2. The minimum Gasteiger partial charge on any atom is -0.454 e. The van der Waals surface area contributed by atoms with E-state index in [9.17, 15) is 9.59 Å². The number of carbonyl (C=O) groups is 2. The van der Waals surface area contributed by atoms with Gasteiger partial charge in [-0.15, -0.1) is 11.8 Å². The molecule has 1 fully saturated rings. The Morgan fingerprint density at radius 3 is 2.71 bits per heavy atom. The van der Waals surface area contributed by atoms with Crippen molar-refractivity contribution >= 4 is 29.3 Å². The van der Waals surface area contributed by atoms with Crippen molar-refractivity contribution in [2.45, 2.75) is 4.90 Å². The molecule has 2 aromatic carbocycles. The smallest absolute Gasteiger partial charge is 0.255 e. The van der Waals surface area contributed by atoms with E-state index in [1.165, 1.54) is 11.8 Å². The summed E-state index contributed by atoms with van der Waals surface area (Å²) in [7, 11) is 0. The minimum absolute atomic E-state index is 0.0146. The van der Waals surface area contributed by atoms with Gasteiger partial charge in [-0.2, -0.15) is 0 Å². The molecule has 2 aliphatic heterocycles. The molecular formula is C20H21N3O4S. The van der Waals surface area contributed by atoms with Crippen LogP contribution in [0.3, 0.4) is 0 Å². The molecule has 0 saturated carbocycles. The van der Waals surface area contributed by atoms with E-state index in [0.717, 1.165) is 18.0 Å². The molecule has 0 unspecified atom stereocenters. The van der Waals surface area contributed by atoms with Gasteiger partial charge < -0.3 is 25.0 Å². The zero-order valence-corrected chi connectivity index (χ0v) is 16.1. The van der Waals surface area contributed by atoms with Gasteiger partial charge in [0.2, 0.25) is 12.7 Å². The summed E-state index contributed by atoms with van der Waals surface area (Å²) in [6, 6.07) is 12.7. The third-order valence-electron chi connectivity index (χ3n) is 4.54. The molecule has 1 saturated heterocycles. The maximum atomic E-state index is 12.8. The summed E-state index contributed by atoms with van der Waals surface area (Å²) < 4.78 is 10.6. The number of rotatable bonds is 5. The van der Waals surface area contributed by atoms with Crippen molar-refractivity contribution in [2.75, 3.05) is 44.0 Å². The van der Waals surface area contributed by atoms with E-state index in [0.29, 0.717) is 35.8 Å². The van der Waals surface area contributed by atoms with Crippen LogP contribution >= 0.6 is 11.8 Å². The van der Waals surface area contributed by atoms with E-state index >= 15 is 0 Å². The molecule has 2 aromatic rings. The second-order valence-corrected chi connectivity index (χ2v) is 7.46. The Morgan fingerprint density at radius 2 is 1.86 bits per heavy atom. The van der Waals surface area contributed by atoms with Gasteiger partial charge in [0.05, 0.1) is 11.3 Å². The van der Waals surface area contributed by atoms with Gasteiger partial charge in [0.25, 0.3) is 5.91 Å². The summed E-state index contributed by atoms with van der Waals surface area (Å²) in [6.45, 7) is 3.20. The first-order valence-corrected chi connectivity index (χ1v) is 10.1. The molecule has 0 spiro atoms. The van der Waals surface area contributed by atoms with Crippen molar-refractivity contribution in [3.05, 3.63) is 48.0 Å². The maximum Gasteiger partial charge on any atom is 0.255 e. The van der Waals surface area contributed by atoms with Crippen molar-refractivity contribution in [3.8, 4) is 11.5 Å². The number of thioether (sulfide) groups is 1. The van der Waals surface area contributed by atoms with Crippen LogP contribution in [0.4, 0.5) is 5.69 Å². The molecule has 0 bridgehead atoms. The van der Waals surface area contributed by atoms with Crippen molar-refractivity contribution < 1.29 is 19.1 Å². The van der Waals surface area contributed by atoms with E-state index in [-0.39, 0.29) is 24.4 Å². The topological polar surface area (TPSA) is 79.9 Å². The van der Waals surface area contributed by atoms with E-state index in [1.54, 1.807) is 18.2 Å². The Morgan fingerprint density at radius 1 is 1.07 bits per heavy atom. The Balaban J connectivity index is 1.38. The highest BCUT2D eigenvalue weighted by Crippen LogP contribution is 2.34. The number of anilines is 1. The van der Waals surface area contributed by atoms with Gasteiger partial charge >= 0.3 is 0 Å². The van der Waals surface area contributed by atoms with Crippen LogP contribution in [0, 0.1) is 0 Å². The van der Waals surface area contributed by atoms with E-state index in [1.807, 2.05) is 29.2 Å². The predicted molar refractivity (Wildman–Crippen MR) is 107 cm³/mol. The van der Waals surface area contributed by atoms with Crippen molar-refractivity contribution in [1.82, 2.24) is 10.2 Å². The van der Waals surface area contributed by atoms with Gasteiger partial charge in [0.1, 0.15) is 0 Å². The first-order valence-electron chi connectivity index (χ1n) is 9.12. The number of piperazine rings is 1. The number of hydrogen-bond acceptors (Lipinski definition) is 6. The monoisotopic (exact) mass is 399 g/mol. The number of nitrogens with one attached hydrogen (secondary N) is 2. The lowest BCUT2D eigenvalue weighted by Gasteiger charge is -2.28. The zero-order chi connectivity index (χ0) is 19.3. The van der Waals surface area contributed by atoms with Crippen LogP contribution in [-0.2, 0) is 4.79 Å². The highest BCUT2D eigenvalue weighted by molar-refractivity contribution is 8.00. The molecule has 2 heterocycles. The third-order valence-corrected chi connectivity index (χ3v) is 5.61. The molecule has 0 atom stereocenters. The SMILES string of the molecule is O=C(CSc1ccccc1C(=O)N1CCNCC1)Nc1ccc2c(c1)OCO2. The molecule has 146 valence electrons. The second-order valence-electron chi connectivity index (χ2n) is 6.44. The largest absolute Gasteiger partial charge is 0.454 e. The van der Waals surface area contributed by atoms with E-state index < -0.39 is 0 Å². The lowest BCUT2D eigenvalue weighted by molar-refractivity contribution is -0.113. The molecule has 2 amide bonds. The molecule has 0 radical (unpaired) electrons. The van der Waals surface area contributed by atoms with Gasteiger partial charge in [-0.1, -0.05) is 12.1 Å². The van der Waals surface area contributed by atoms with Crippen LogP contribution in [0.5, 0.6) is 11.5 Å². The zero-order valence-electron chi connectivity index (χ0n) is 15.3. The molecule has 0 aliphatic carbocycles. The van der Waals surface area contributed by atoms with E-state index in [4.69, 9.17) is 9.47 Å². The van der Waals surface area contributed by atoms with Crippen molar-refractivity contribution in [3.63, 3.8) is 0 Å². The van der Waals surface area contributed by atoms with Crippen LogP contribution in [0.1, 0.15) is 10.4 Å². The van der Waals surface area contributed by atoms with Crippen molar-refractivity contribution in [1.29, 1.82) is 0 Å². The molecule has 0 aromatic heterocycles. The van der Waals surface area contributed by atoms with Gasteiger partial charge in [0, 0.05) is 42.8 Å². The number of fused-ring (bicyclic) bond motifs is 1. The minimum atomic E-state index is -0.145. The number of amides is 2. The molecule has 7 nitrogen and oxygen atoms in total. The molecular weight excluding hydrogens is 378 g/mol. The van der Waals surface area contributed by atoms with Gasteiger partial charge in [-0.05, 0) is 24.3 Å². The Bertz CT molecular complexity index is 884. The summed E-state index contributed by atoms with van der Waals surface area (Å²) in [5.41, 5.74) is 1.30. The summed E-state index contributed by atoms with van der Waals surface area (Å²) in [4.78, 5) is 27.8. The normalized spacial score (nSPS) is 15.4.